The van der Waals surface area contributed by atoms with E-state index >= 15 is 0 Å². The van der Waals surface area contributed by atoms with Crippen molar-refractivity contribution in [1.82, 2.24) is 5.43 Å². The Labute approximate surface area is 127 Å². The predicted molar refractivity (Wildman–Crippen MR) is 78.0 cm³/mol. The highest BCUT2D eigenvalue weighted by Gasteiger charge is 2.12. The van der Waals surface area contributed by atoms with E-state index < -0.39 is 5.97 Å². The molecule has 1 N–H and O–H groups in total. The molecule has 0 fully saturated rings. The zero-order valence-electron chi connectivity index (χ0n) is 11.6. The van der Waals surface area contributed by atoms with Gasteiger partial charge in [0.05, 0.1) is 22.9 Å². The van der Waals surface area contributed by atoms with Gasteiger partial charge in [-0.1, -0.05) is 17.7 Å². The van der Waals surface area contributed by atoms with E-state index in [0.29, 0.717) is 10.7 Å². The van der Waals surface area contributed by atoms with E-state index in [1.165, 1.54) is 11.2 Å². The molecule has 0 aliphatic carbocycles. The zero-order valence-corrected chi connectivity index (χ0v) is 12.3. The van der Waals surface area contributed by atoms with Crippen LogP contribution in [-0.2, 0) is 9.53 Å². The molecule has 1 rings (SSSR count). The number of ether oxygens (including phenoxy) is 1. The average molecular weight is 305 g/mol. The van der Waals surface area contributed by atoms with E-state index in [9.17, 15) is 4.79 Å². The second kappa shape index (κ2) is 7.78. The Balaban J connectivity index is 2.95. The Morgan fingerprint density at radius 3 is 2.81 bits per heavy atom. The summed E-state index contributed by atoms with van der Waals surface area (Å²) >= 11 is 5.94. The second-order valence-corrected chi connectivity index (χ2v) is 4.23. The summed E-state index contributed by atoms with van der Waals surface area (Å²) in [5, 5.41) is 19.8. The molecule has 108 valence electrons. The molecule has 0 saturated heterocycles. The van der Waals surface area contributed by atoms with Crippen molar-refractivity contribution < 1.29 is 9.53 Å². The highest BCUT2D eigenvalue weighted by Crippen LogP contribution is 2.24. The van der Waals surface area contributed by atoms with Crippen molar-refractivity contribution in [3.63, 3.8) is 0 Å². The molecule has 0 spiro atoms. The number of carbonyl (C=O) groups excluding carboxylic acids is 1. The average Bonchev–Trinajstić information content (AvgIpc) is 2.47. The molecular weight excluding hydrogens is 292 g/mol. The summed E-state index contributed by atoms with van der Waals surface area (Å²) in [4.78, 5) is 11.5. The van der Waals surface area contributed by atoms with Gasteiger partial charge in [0.2, 0.25) is 0 Å². The SMILES string of the molecule is CCOC(=O)C(C#N)=CNN(C)c1cccc(Cl)c1C#N. The lowest BCUT2D eigenvalue weighted by Gasteiger charge is -2.20. The molecule has 0 radical (unpaired) electrons. The largest absolute Gasteiger partial charge is 0.462 e. The second-order valence-electron chi connectivity index (χ2n) is 3.82. The van der Waals surface area contributed by atoms with Gasteiger partial charge in [-0.15, -0.1) is 0 Å². The fourth-order valence-electron chi connectivity index (χ4n) is 1.48. The van der Waals surface area contributed by atoms with Gasteiger partial charge >= 0.3 is 5.97 Å². The highest BCUT2D eigenvalue weighted by molar-refractivity contribution is 6.32. The van der Waals surface area contributed by atoms with Crippen LogP contribution in [0, 0.1) is 22.7 Å². The van der Waals surface area contributed by atoms with Crippen LogP contribution in [0.1, 0.15) is 12.5 Å². The molecule has 0 aromatic heterocycles. The van der Waals surface area contributed by atoms with Gasteiger partial charge < -0.3 is 10.2 Å². The molecule has 0 heterocycles. The number of nitrogens with zero attached hydrogens (tertiary/aromatic N) is 3. The third-order valence-corrected chi connectivity index (χ3v) is 2.80. The van der Waals surface area contributed by atoms with Crippen LogP contribution >= 0.6 is 11.6 Å². The Bertz CT molecular complexity index is 643. The van der Waals surface area contributed by atoms with Gasteiger partial charge in [0.25, 0.3) is 0 Å². The van der Waals surface area contributed by atoms with Crippen LogP contribution in [0.15, 0.2) is 30.0 Å². The van der Waals surface area contributed by atoms with Crippen molar-refractivity contribution in [2.24, 2.45) is 0 Å². The maximum absolute atomic E-state index is 11.5. The number of anilines is 1. The number of esters is 1. The molecule has 21 heavy (non-hydrogen) atoms. The molecule has 0 aliphatic heterocycles. The monoisotopic (exact) mass is 304 g/mol. The fourth-order valence-corrected chi connectivity index (χ4v) is 1.69. The van der Waals surface area contributed by atoms with E-state index in [2.05, 4.69) is 5.43 Å². The normalized spacial score (nSPS) is 10.2. The molecule has 0 saturated carbocycles. The predicted octanol–water partition coefficient (Wildman–Crippen LogP) is 2.12. The van der Waals surface area contributed by atoms with Crippen LogP contribution in [0.5, 0.6) is 0 Å². The topological polar surface area (TPSA) is 89.2 Å². The summed E-state index contributed by atoms with van der Waals surface area (Å²) in [5.41, 5.74) is 3.36. The number of hydrazine groups is 1. The zero-order chi connectivity index (χ0) is 15.8. The van der Waals surface area contributed by atoms with Gasteiger partial charge in [-0.05, 0) is 19.1 Å². The summed E-state index contributed by atoms with van der Waals surface area (Å²) in [6, 6.07) is 8.72. The van der Waals surface area contributed by atoms with Gasteiger partial charge in [-0.3, -0.25) is 5.01 Å². The van der Waals surface area contributed by atoms with Crippen molar-refractivity contribution in [2.75, 3.05) is 18.7 Å². The van der Waals surface area contributed by atoms with Gasteiger partial charge in [-0.25, -0.2) is 4.79 Å². The molecule has 0 amide bonds. The van der Waals surface area contributed by atoms with Gasteiger partial charge in [0.1, 0.15) is 12.1 Å². The number of hydrogen-bond donors (Lipinski definition) is 1. The number of nitriles is 2. The summed E-state index contributed by atoms with van der Waals surface area (Å²) in [7, 11) is 1.63. The Kier molecular flexibility index (Phi) is 6.06. The Morgan fingerprint density at radius 2 is 2.24 bits per heavy atom. The minimum Gasteiger partial charge on any atom is -0.462 e. The number of halogens is 1. The first-order chi connectivity index (χ1) is 10.0. The molecule has 7 heteroatoms. The number of benzene rings is 1. The maximum atomic E-state index is 11.5. The summed E-state index contributed by atoms with van der Waals surface area (Å²) in [5.74, 6) is -0.715. The third kappa shape index (κ3) is 4.13. The maximum Gasteiger partial charge on any atom is 0.350 e. The lowest BCUT2D eigenvalue weighted by atomic mass is 10.2. The first-order valence-corrected chi connectivity index (χ1v) is 6.38. The van der Waals surface area contributed by atoms with Crippen LogP contribution in [-0.4, -0.2) is 19.6 Å². The van der Waals surface area contributed by atoms with E-state index in [1.807, 2.05) is 6.07 Å². The van der Waals surface area contributed by atoms with E-state index in [4.69, 9.17) is 26.9 Å². The van der Waals surface area contributed by atoms with E-state index in [1.54, 1.807) is 38.2 Å². The standard InChI is InChI=1S/C14H13ClN4O2/c1-3-21-14(20)10(7-16)9-18-19(2)13-6-4-5-12(15)11(13)8-17/h4-6,9,18H,3H2,1-2H3. The van der Waals surface area contributed by atoms with E-state index in [0.717, 1.165) is 0 Å². The summed E-state index contributed by atoms with van der Waals surface area (Å²) < 4.78 is 4.74. The Hall–Kier alpha value is -2.70. The summed E-state index contributed by atoms with van der Waals surface area (Å²) in [6.45, 7) is 1.83. The highest BCUT2D eigenvalue weighted by atomic mass is 35.5. The molecule has 0 unspecified atom stereocenters. The van der Waals surface area contributed by atoms with Crippen molar-refractivity contribution in [3.8, 4) is 12.1 Å². The molecular formula is C14H13ClN4O2. The Morgan fingerprint density at radius 1 is 1.52 bits per heavy atom. The molecule has 1 aromatic rings. The van der Waals surface area contributed by atoms with Crippen molar-refractivity contribution in [3.05, 3.63) is 40.6 Å². The number of hydrogen-bond acceptors (Lipinski definition) is 6. The summed E-state index contributed by atoms with van der Waals surface area (Å²) in [6.07, 6.45) is 1.21. The van der Waals surface area contributed by atoms with Crippen molar-refractivity contribution in [2.45, 2.75) is 6.92 Å². The van der Waals surface area contributed by atoms with Gasteiger partial charge in [0.15, 0.2) is 5.57 Å². The first kappa shape index (κ1) is 16.4. The lowest BCUT2D eigenvalue weighted by molar-refractivity contribution is -0.138. The molecule has 0 aliphatic rings. The molecule has 0 atom stereocenters. The quantitative estimate of drug-likeness (QED) is 0.388. The van der Waals surface area contributed by atoms with Crippen molar-refractivity contribution in [1.29, 1.82) is 10.5 Å². The van der Waals surface area contributed by atoms with Gasteiger partial charge in [0, 0.05) is 13.2 Å². The minimum absolute atomic E-state index is 0.177. The third-order valence-electron chi connectivity index (χ3n) is 2.48. The van der Waals surface area contributed by atoms with Crippen molar-refractivity contribution >= 4 is 23.3 Å². The van der Waals surface area contributed by atoms with Crippen LogP contribution in [0.2, 0.25) is 5.02 Å². The van der Waals surface area contributed by atoms with Crippen LogP contribution in [0.4, 0.5) is 5.69 Å². The van der Waals surface area contributed by atoms with Crippen LogP contribution < -0.4 is 10.4 Å². The lowest BCUT2D eigenvalue weighted by Crippen LogP contribution is -2.31. The molecule has 0 bridgehead atoms. The van der Waals surface area contributed by atoms with Crippen LogP contribution in [0.25, 0.3) is 0 Å². The van der Waals surface area contributed by atoms with E-state index in [-0.39, 0.29) is 17.7 Å². The van der Waals surface area contributed by atoms with Gasteiger partial charge in [-0.2, -0.15) is 10.5 Å². The minimum atomic E-state index is -0.715. The number of rotatable bonds is 5. The fraction of sp³-hybridized carbons (Fsp3) is 0.214. The smallest absolute Gasteiger partial charge is 0.350 e. The van der Waals surface area contributed by atoms with Crippen LogP contribution in [0.3, 0.4) is 0 Å². The number of nitrogens with one attached hydrogen (secondary N) is 1. The molecule has 6 nitrogen and oxygen atoms in total. The first-order valence-electron chi connectivity index (χ1n) is 6.01. The number of carbonyl (C=O) groups is 1. The molecule has 1 aromatic carbocycles.